The van der Waals surface area contributed by atoms with Crippen LogP contribution in [0.1, 0.15) is 25.7 Å². The van der Waals surface area contributed by atoms with Gasteiger partial charge in [0.15, 0.2) is 0 Å². The highest BCUT2D eigenvalue weighted by molar-refractivity contribution is 5.66. The minimum atomic E-state index is -0.245. The van der Waals surface area contributed by atoms with Crippen molar-refractivity contribution in [2.75, 3.05) is 27.2 Å². The summed E-state index contributed by atoms with van der Waals surface area (Å²) in [5.41, 5.74) is 5.68. The van der Waals surface area contributed by atoms with Crippen LogP contribution in [0.2, 0.25) is 0 Å². The Morgan fingerprint density at radius 1 is 1.47 bits per heavy atom. The molecule has 2 atom stereocenters. The van der Waals surface area contributed by atoms with Gasteiger partial charge < -0.3 is 15.4 Å². The Kier molecular flexibility index (Phi) is 4.88. The van der Waals surface area contributed by atoms with Crippen molar-refractivity contribution in [3.63, 3.8) is 0 Å². The first-order valence-electron chi connectivity index (χ1n) is 5.66. The number of hydrogen-bond acceptors (Lipinski definition) is 3. The first-order chi connectivity index (χ1) is 7.17. The summed E-state index contributed by atoms with van der Waals surface area (Å²) in [7, 11) is 3.21. The molecule has 0 aromatic rings. The molecular formula is C11H22N2O2. The lowest BCUT2D eigenvalue weighted by atomic mass is 9.81. The molecule has 0 aromatic heterocycles. The Morgan fingerprint density at radius 3 is 2.73 bits per heavy atom. The van der Waals surface area contributed by atoms with Crippen LogP contribution in [0.15, 0.2) is 0 Å². The molecule has 1 aliphatic rings. The van der Waals surface area contributed by atoms with Gasteiger partial charge in [-0.25, -0.2) is 4.79 Å². The summed E-state index contributed by atoms with van der Waals surface area (Å²) in [5.74, 6) is 1.24. The van der Waals surface area contributed by atoms with Crippen LogP contribution in [0.5, 0.6) is 0 Å². The van der Waals surface area contributed by atoms with Gasteiger partial charge >= 0.3 is 6.09 Å². The van der Waals surface area contributed by atoms with Crippen LogP contribution in [-0.4, -0.2) is 38.2 Å². The highest BCUT2D eigenvalue weighted by atomic mass is 16.5. The standard InChI is InChI=1S/C11H22N2O2/c1-13(11(14)15-2)8-10-5-3-4-9(6-10)7-12/h9-10H,3-8,12H2,1-2H3. The monoisotopic (exact) mass is 214 g/mol. The molecule has 4 heteroatoms. The van der Waals surface area contributed by atoms with Crippen molar-refractivity contribution in [1.82, 2.24) is 4.90 Å². The van der Waals surface area contributed by atoms with Crippen LogP contribution >= 0.6 is 0 Å². The third-order valence-electron chi connectivity index (χ3n) is 3.24. The molecule has 0 heterocycles. The van der Waals surface area contributed by atoms with Crippen LogP contribution in [-0.2, 0) is 4.74 Å². The lowest BCUT2D eigenvalue weighted by Gasteiger charge is -2.30. The lowest BCUT2D eigenvalue weighted by molar-refractivity contribution is 0.119. The molecule has 1 amide bonds. The fourth-order valence-electron chi connectivity index (χ4n) is 2.40. The summed E-state index contributed by atoms with van der Waals surface area (Å²) in [6.45, 7) is 1.57. The molecule has 0 aromatic carbocycles. The fraction of sp³-hybridized carbons (Fsp3) is 0.909. The molecule has 4 nitrogen and oxygen atoms in total. The first-order valence-corrected chi connectivity index (χ1v) is 5.66. The number of nitrogens with zero attached hydrogens (tertiary/aromatic N) is 1. The summed E-state index contributed by atoms with van der Waals surface area (Å²) < 4.78 is 4.67. The van der Waals surface area contributed by atoms with Gasteiger partial charge in [-0.1, -0.05) is 6.42 Å². The van der Waals surface area contributed by atoms with E-state index < -0.39 is 0 Å². The molecule has 1 saturated carbocycles. The molecule has 0 radical (unpaired) electrons. The second-order valence-corrected chi connectivity index (χ2v) is 4.48. The minimum Gasteiger partial charge on any atom is -0.453 e. The fourth-order valence-corrected chi connectivity index (χ4v) is 2.40. The molecular weight excluding hydrogens is 192 g/mol. The van der Waals surface area contributed by atoms with Gasteiger partial charge in [-0.15, -0.1) is 0 Å². The number of carbonyl (C=O) groups excluding carboxylic acids is 1. The average molecular weight is 214 g/mol. The predicted octanol–water partition coefficient (Wildman–Crippen LogP) is 1.45. The summed E-state index contributed by atoms with van der Waals surface area (Å²) >= 11 is 0. The number of amides is 1. The van der Waals surface area contributed by atoms with E-state index in [2.05, 4.69) is 4.74 Å². The van der Waals surface area contributed by atoms with Gasteiger partial charge in [-0.05, 0) is 37.6 Å². The van der Waals surface area contributed by atoms with Crippen LogP contribution in [0.4, 0.5) is 4.79 Å². The zero-order chi connectivity index (χ0) is 11.3. The minimum absolute atomic E-state index is 0.245. The van der Waals surface area contributed by atoms with E-state index in [1.807, 2.05) is 0 Å². The summed E-state index contributed by atoms with van der Waals surface area (Å²) in [6, 6.07) is 0. The second-order valence-electron chi connectivity index (χ2n) is 4.48. The maximum absolute atomic E-state index is 11.2. The molecule has 1 fully saturated rings. The van der Waals surface area contributed by atoms with Crippen LogP contribution < -0.4 is 5.73 Å². The van der Waals surface area contributed by atoms with Gasteiger partial charge in [0.1, 0.15) is 0 Å². The van der Waals surface area contributed by atoms with Gasteiger partial charge in [0.05, 0.1) is 7.11 Å². The van der Waals surface area contributed by atoms with Crippen molar-refractivity contribution in [2.45, 2.75) is 25.7 Å². The zero-order valence-electron chi connectivity index (χ0n) is 9.74. The van der Waals surface area contributed by atoms with Crippen LogP contribution in [0.25, 0.3) is 0 Å². The highest BCUT2D eigenvalue weighted by Crippen LogP contribution is 2.28. The number of methoxy groups -OCH3 is 1. The van der Waals surface area contributed by atoms with Crippen molar-refractivity contribution in [2.24, 2.45) is 17.6 Å². The highest BCUT2D eigenvalue weighted by Gasteiger charge is 2.23. The number of carbonyl (C=O) groups is 1. The first kappa shape index (κ1) is 12.3. The van der Waals surface area contributed by atoms with Crippen molar-refractivity contribution in [3.8, 4) is 0 Å². The largest absolute Gasteiger partial charge is 0.453 e. The van der Waals surface area contributed by atoms with Crippen LogP contribution in [0, 0.1) is 11.8 Å². The van der Waals surface area contributed by atoms with Crippen molar-refractivity contribution in [3.05, 3.63) is 0 Å². The Morgan fingerprint density at radius 2 is 2.13 bits per heavy atom. The van der Waals surface area contributed by atoms with E-state index in [4.69, 9.17) is 5.73 Å². The van der Waals surface area contributed by atoms with E-state index in [9.17, 15) is 4.79 Å². The van der Waals surface area contributed by atoms with Crippen molar-refractivity contribution < 1.29 is 9.53 Å². The molecule has 1 rings (SSSR count). The Bertz CT molecular complexity index is 209. The normalized spacial score (nSPS) is 26.1. The smallest absolute Gasteiger partial charge is 0.409 e. The average Bonchev–Trinajstić information content (AvgIpc) is 2.28. The molecule has 88 valence electrons. The SMILES string of the molecule is COC(=O)N(C)CC1CCCC(CN)C1. The van der Waals surface area contributed by atoms with E-state index in [1.54, 1.807) is 11.9 Å². The lowest BCUT2D eigenvalue weighted by Crippen LogP contribution is -2.34. The summed E-state index contributed by atoms with van der Waals surface area (Å²) in [5, 5.41) is 0. The molecule has 0 aliphatic heterocycles. The van der Waals surface area contributed by atoms with Gasteiger partial charge in [0, 0.05) is 13.6 Å². The van der Waals surface area contributed by atoms with E-state index in [0.29, 0.717) is 11.8 Å². The molecule has 0 bridgehead atoms. The quantitative estimate of drug-likeness (QED) is 0.773. The molecule has 0 spiro atoms. The van der Waals surface area contributed by atoms with E-state index in [1.165, 1.54) is 26.4 Å². The molecule has 15 heavy (non-hydrogen) atoms. The van der Waals surface area contributed by atoms with Crippen LogP contribution in [0.3, 0.4) is 0 Å². The molecule has 2 N–H and O–H groups in total. The topological polar surface area (TPSA) is 55.6 Å². The number of ether oxygens (including phenoxy) is 1. The summed E-state index contributed by atoms with van der Waals surface area (Å²) in [6.07, 6.45) is 4.59. The number of rotatable bonds is 3. The van der Waals surface area contributed by atoms with Gasteiger partial charge in [-0.2, -0.15) is 0 Å². The van der Waals surface area contributed by atoms with Crippen molar-refractivity contribution >= 4 is 6.09 Å². The molecule has 0 saturated heterocycles. The second kappa shape index (κ2) is 5.95. The molecule has 2 unspecified atom stereocenters. The van der Waals surface area contributed by atoms with E-state index >= 15 is 0 Å². The maximum Gasteiger partial charge on any atom is 0.409 e. The van der Waals surface area contributed by atoms with E-state index in [-0.39, 0.29) is 6.09 Å². The number of nitrogens with two attached hydrogens (primary N) is 1. The predicted molar refractivity (Wildman–Crippen MR) is 59.5 cm³/mol. The van der Waals surface area contributed by atoms with Gasteiger partial charge in [0.2, 0.25) is 0 Å². The van der Waals surface area contributed by atoms with Gasteiger partial charge in [0.25, 0.3) is 0 Å². The van der Waals surface area contributed by atoms with Crippen molar-refractivity contribution in [1.29, 1.82) is 0 Å². The Balaban J connectivity index is 2.34. The number of hydrogen-bond donors (Lipinski definition) is 1. The maximum atomic E-state index is 11.2. The summed E-state index contributed by atoms with van der Waals surface area (Å²) in [4.78, 5) is 12.9. The third-order valence-corrected chi connectivity index (χ3v) is 3.24. The van der Waals surface area contributed by atoms with Gasteiger partial charge in [-0.3, -0.25) is 0 Å². The molecule has 1 aliphatic carbocycles. The Hall–Kier alpha value is -0.770. The Labute approximate surface area is 91.8 Å². The van der Waals surface area contributed by atoms with E-state index in [0.717, 1.165) is 19.5 Å². The zero-order valence-corrected chi connectivity index (χ0v) is 9.74. The third kappa shape index (κ3) is 3.70.